The lowest BCUT2D eigenvalue weighted by molar-refractivity contribution is 0.0938. The summed E-state index contributed by atoms with van der Waals surface area (Å²) in [4.78, 5) is 16.3. The first kappa shape index (κ1) is 14.0. The molecule has 0 amide bonds. The number of hydrogen-bond donors (Lipinski definition) is 0. The fraction of sp³-hybridized carbons (Fsp3) is 0.167. The molecule has 0 atom stereocenters. The zero-order valence-electron chi connectivity index (χ0n) is 12.3. The summed E-state index contributed by atoms with van der Waals surface area (Å²) < 4.78 is 1.61. The summed E-state index contributed by atoms with van der Waals surface area (Å²) in [5, 5.41) is 9.95. The Hall–Kier alpha value is -2.93. The van der Waals surface area contributed by atoms with E-state index in [1.54, 1.807) is 16.8 Å². The molecule has 2 aromatic heterocycles. The minimum Gasteiger partial charge on any atom is -0.274 e. The largest absolute Gasteiger partial charge is 0.274 e. The number of benzene rings is 1. The van der Waals surface area contributed by atoms with Crippen LogP contribution in [0.2, 0.25) is 0 Å². The van der Waals surface area contributed by atoms with Crippen LogP contribution in [0.25, 0.3) is 11.0 Å². The Morgan fingerprint density at radius 1 is 1.23 bits per heavy atom. The molecular weight excluding hydrogens is 274 g/mol. The topological polar surface area (TPSA) is 58.7 Å². The van der Waals surface area contributed by atoms with Crippen LogP contribution < -0.4 is 0 Å². The highest BCUT2D eigenvalue weighted by Crippen LogP contribution is 2.22. The molecule has 0 bridgehead atoms. The second-order valence-electron chi connectivity index (χ2n) is 5.18. The number of fused-ring (bicyclic) bond motifs is 1. The smallest absolute Gasteiger partial charge is 0.229 e. The normalized spacial score (nSPS) is 10.5. The highest BCUT2D eigenvalue weighted by Gasteiger charge is 2.15. The molecular formula is C18H15N3O. The van der Waals surface area contributed by atoms with E-state index in [1.165, 1.54) is 12.5 Å². The average molecular weight is 289 g/mol. The van der Waals surface area contributed by atoms with Crippen molar-refractivity contribution < 1.29 is 4.79 Å². The maximum atomic E-state index is 12.0. The Morgan fingerprint density at radius 3 is 2.68 bits per heavy atom. The van der Waals surface area contributed by atoms with Gasteiger partial charge in [-0.15, -0.1) is 0 Å². The van der Waals surface area contributed by atoms with Crippen molar-refractivity contribution in [3.8, 4) is 6.07 Å². The van der Waals surface area contributed by atoms with Crippen molar-refractivity contribution in [2.24, 2.45) is 0 Å². The van der Waals surface area contributed by atoms with Crippen molar-refractivity contribution in [1.29, 1.82) is 5.26 Å². The van der Waals surface area contributed by atoms with Crippen LogP contribution >= 0.6 is 0 Å². The van der Waals surface area contributed by atoms with Crippen LogP contribution in [0.5, 0.6) is 0 Å². The molecule has 3 rings (SSSR count). The van der Waals surface area contributed by atoms with E-state index in [0.717, 1.165) is 23.9 Å². The van der Waals surface area contributed by atoms with Gasteiger partial charge in [-0.2, -0.15) is 5.26 Å². The van der Waals surface area contributed by atoms with Crippen molar-refractivity contribution in [3.63, 3.8) is 0 Å². The van der Waals surface area contributed by atoms with E-state index in [9.17, 15) is 10.1 Å². The molecule has 1 aromatic carbocycles. The van der Waals surface area contributed by atoms with Crippen LogP contribution in [0.1, 0.15) is 28.5 Å². The molecule has 0 aliphatic carbocycles. The fourth-order valence-electron chi connectivity index (χ4n) is 2.70. The van der Waals surface area contributed by atoms with Gasteiger partial charge in [0, 0.05) is 24.2 Å². The summed E-state index contributed by atoms with van der Waals surface area (Å²) in [5.41, 5.74) is 3.22. The molecule has 4 nitrogen and oxygen atoms in total. The van der Waals surface area contributed by atoms with E-state index in [-0.39, 0.29) is 5.91 Å². The summed E-state index contributed by atoms with van der Waals surface area (Å²) in [6, 6.07) is 15.9. The second kappa shape index (κ2) is 5.82. The van der Waals surface area contributed by atoms with Crippen LogP contribution in [0.15, 0.2) is 48.7 Å². The molecule has 4 heteroatoms. The molecule has 22 heavy (non-hydrogen) atoms. The Morgan fingerprint density at radius 2 is 2.00 bits per heavy atom. The number of aryl methyl sites for hydroxylation is 2. The van der Waals surface area contributed by atoms with E-state index in [4.69, 9.17) is 0 Å². The number of rotatable bonds is 3. The molecule has 0 unspecified atom stereocenters. The Kier molecular flexibility index (Phi) is 3.71. The van der Waals surface area contributed by atoms with Gasteiger partial charge in [0.1, 0.15) is 5.65 Å². The molecule has 0 radical (unpaired) electrons. The zero-order valence-corrected chi connectivity index (χ0v) is 12.3. The summed E-state index contributed by atoms with van der Waals surface area (Å²) in [6.07, 6.45) is 3.14. The second-order valence-corrected chi connectivity index (χ2v) is 5.18. The number of hydrogen-bond acceptors (Lipinski definition) is 3. The predicted molar refractivity (Wildman–Crippen MR) is 84.6 cm³/mol. The Balaban J connectivity index is 2.03. The molecule has 108 valence electrons. The monoisotopic (exact) mass is 289 g/mol. The standard InChI is InChI=1S/C18H15N3O/c1-13(22)21-16(8-7-14-5-3-2-4-6-14)11-17-15(12-19)9-10-20-18(17)21/h2-6,9-11H,7-8H2,1H3. The van der Waals surface area contributed by atoms with Gasteiger partial charge in [0.05, 0.1) is 11.6 Å². The maximum Gasteiger partial charge on any atom is 0.229 e. The summed E-state index contributed by atoms with van der Waals surface area (Å²) in [5.74, 6) is -0.0827. The number of carbonyl (C=O) groups excluding carboxylic acids is 1. The van der Waals surface area contributed by atoms with Crippen LogP contribution in [-0.4, -0.2) is 15.5 Å². The number of carbonyl (C=O) groups is 1. The summed E-state index contributed by atoms with van der Waals surface area (Å²) >= 11 is 0. The minimum absolute atomic E-state index is 0.0827. The molecule has 2 heterocycles. The van der Waals surface area contributed by atoms with E-state index in [2.05, 4.69) is 23.2 Å². The Labute approximate surface area is 128 Å². The Bertz CT molecular complexity index is 872. The van der Waals surface area contributed by atoms with Crippen molar-refractivity contribution >= 4 is 16.9 Å². The molecule has 0 aliphatic rings. The van der Waals surface area contributed by atoms with Gasteiger partial charge in [0.2, 0.25) is 5.91 Å². The first-order valence-electron chi connectivity index (χ1n) is 7.15. The third-order valence-electron chi connectivity index (χ3n) is 3.73. The van der Waals surface area contributed by atoms with Crippen molar-refractivity contribution in [3.05, 3.63) is 65.5 Å². The minimum atomic E-state index is -0.0827. The number of pyridine rings is 1. The third kappa shape index (κ3) is 2.49. The van der Waals surface area contributed by atoms with Gasteiger partial charge in [-0.1, -0.05) is 30.3 Å². The van der Waals surface area contributed by atoms with Gasteiger partial charge in [-0.05, 0) is 30.5 Å². The van der Waals surface area contributed by atoms with Crippen LogP contribution in [0, 0.1) is 11.3 Å². The summed E-state index contributed by atoms with van der Waals surface area (Å²) in [7, 11) is 0. The molecule has 0 aliphatic heterocycles. The van der Waals surface area contributed by atoms with Gasteiger partial charge in [-0.3, -0.25) is 9.36 Å². The van der Waals surface area contributed by atoms with Crippen molar-refractivity contribution in [2.45, 2.75) is 19.8 Å². The van der Waals surface area contributed by atoms with Crippen molar-refractivity contribution in [1.82, 2.24) is 9.55 Å². The lowest BCUT2D eigenvalue weighted by Crippen LogP contribution is -2.11. The van der Waals surface area contributed by atoms with Crippen LogP contribution in [0.3, 0.4) is 0 Å². The quantitative estimate of drug-likeness (QED) is 0.743. The highest BCUT2D eigenvalue weighted by atomic mass is 16.1. The van der Waals surface area contributed by atoms with Gasteiger partial charge >= 0.3 is 0 Å². The zero-order chi connectivity index (χ0) is 15.5. The molecule has 0 spiro atoms. The van der Waals surface area contributed by atoms with Crippen molar-refractivity contribution in [2.75, 3.05) is 0 Å². The van der Waals surface area contributed by atoms with Gasteiger partial charge in [0.25, 0.3) is 0 Å². The maximum absolute atomic E-state index is 12.0. The number of nitrogens with zero attached hydrogens (tertiary/aromatic N) is 3. The molecule has 0 fully saturated rings. The van der Waals surface area contributed by atoms with E-state index < -0.39 is 0 Å². The lowest BCUT2D eigenvalue weighted by Gasteiger charge is -2.06. The van der Waals surface area contributed by atoms with Gasteiger partial charge in [-0.25, -0.2) is 4.98 Å². The number of nitriles is 1. The van der Waals surface area contributed by atoms with E-state index in [0.29, 0.717) is 11.2 Å². The van der Waals surface area contributed by atoms with E-state index in [1.807, 2.05) is 24.3 Å². The van der Waals surface area contributed by atoms with Gasteiger partial charge < -0.3 is 0 Å². The predicted octanol–water partition coefficient (Wildman–Crippen LogP) is 3.35. The SMILES string of the molecule is CC(=O)n1c(CCc2ccccc2)cc2c(C#N)ccnc21. The molecule has 0 saturated carbocycles. The molecule has 3 aromatic rings. The highest BCUT2D eigenvalue weighted by molar-refractivity contribution is 5.93. The number of aromatic nitrogens is 2. The molecule has 0 saturated heterocycles. The summed E-state index contributed by atoms with van der Waals surface area (Å²) in [6.45, 7) is 1.52. The third-order valence-corrected chi connectivity index (χ3v) is 3.73. The molecule has 0 N–H and O–H groups in total. The first-order valence-corrected chi connectivity index (χ1v) is 7.15. The van der Waals surface area contributed by atoms with Crippen LogP contribution in [-0.2, 0) is 12.8 Å². The fourth-order valence-corrected chi connectivity index (χ4v) is 2.70. The van der Waals surface area contributed by atoms with Gasteiger partial charge in [0.15, 0.2) is 0 Å². The van der Waals surface area contributed by atoms with Crippen LogP contribution in [0.4, 0.5) is 0 Å². The lowest BCUT2D eigenvalue weighted by atomic mass is 10.1. The average Bonchev–Trinajstić information content (AvgIpc) is 2.92. The first-order chi connectivity index (χ1) is 10.7. The van der Waals surface area contributed by atoms with E-state index >= 15 is 0 Å².